The molecule has 5 nitrogen and oxygen atoms in total. The number of hydrogen-bond donors (Lipinski definition) is 1. The minimum absolute atomic E-state index is 0.386. The highest BCUT2D eigenvalue weighted by Gasteiger charge is 2.42. The summed E-state index contributed by atoms with van der Waals surface area (Å²) >= 11 is 0. The lowest BCUT2D eigenvalue weighted by Crippen LogP contribution is -2.50. The molecule has 1 aromatic heterocycles. The van der Waals surface area contributed by atoms with Gasteiger partial charge in [-0.05, 0) is 53.9 Å². The second-order valence-electron chi connectivity index (χ2n) is 6.81. The third kappa shape index (κ3) is 2.54. The summed E-state index contributed by atoms with van der Waals surface area (Å²) in [4.78, 5) is 4.56. The molecule has 0 radical (unpaired) electrons. The van der Waals surface area contributed by atoms with E-state index in [2.05, 4.69) is 10.1 Å². The second-order valence-corrected chi connectivity index (χ2v) is 6.81. The van der Waals surface area contributed by atoms with Crippen molar-refractivity contribution in [1.82, 2.24) is 10.1 Å². The molecule has 0 saturated carbocycles. The number of ether oxygens (including phenoxy) is 1. The van der Waals surface area contributed by atoms with E-state index in [9.17, 15) is 0 Å². The molecule has 0 amide bonds. The van der Waals surface area contributed by atoms with Crippen LogP contribution < -0.4 is 5.73 Å². The van der Waals surface area contributed by atoms with Crippen molar-refractivity contribution < 1.29 is 9.26 Å². The fourth-order valence-corrected chi connectivity index (χ4v) is 2.08. The van der Waals surface area contributed by atoms with Gasteiger partial charge in [0.15, 0.2) is 0 Å². The molecule has 2 heterocycles. The van der Waals surface area contributed by atoms with Gasteiger partial charge in [0.05, 0.1) is 5.41 Å². The van der Waals surface area contributed by atoms with Crippen LogP contribution in [-0.4, -0.2) is 22.3 Å². The Morgan fingerprint density at radius 1 is 1.21 bits per heavy atom. The highest BCUT2D eigenvalue weighted by molar-refractivity contribution is 5.12. The molecular formula is C14H25N3O2. The van der Waals surface area contributed by atoms with Crippen molar-refractivity contribution in [3.63, 3.8) is 0 Å². The SMILES string of the molecule is CC1(c2noc(C(C)(C)C(C)(C)N)n2)CCCCO1. The van der Waals surface area contributed by atoms with Gasteiger partial charge >= 0.3 is 0 Å². The van der Waals surface area contributed by atoms with Gasteiger partial charge in [-0.2, -0.15) is 4.98 Å². The van der Waals surface area contributed by atoms with E-state index in [0.717, 1.165) is 25.9 Å². The van der Waals surface area contributed by atoms with Crippen LogP contribution in [0, 0.1) is 0 Å². The Morgan fingerprint density at radius 2 is 1.89 bits per heavy atom. The Balaban J connectivity index is 2.29. The van der Waals surface area contributed by atoms with E-state index in [1.54, 1.807) is 0 Å². The molecule has 0 bridgehead atoms. The first-order valence-electron chi connectivity index (χ1n) is 6.94. The largest absolute Gasteiger partial charge is 0.367 e. The Hall–Kier alpha value is -0.940. The van der Waals surface area contributed by atoms with Gasteiger partial charge in [-0.15, -0.1) is 0 Å². The lowest BCUT2D eigenvalue weighted by atomic mass is 9.75. The molecule has 1 atom stereocenters. The van der Waals surface area contributed by atoms with Crippen LogP contribution in [0.4, 0.5) is 0 Å². The van der Waals surface area contributed by atoms with Gasteiger partial charge in [-0.1, -0.05) is 5.16 Å². The second kappa shape index (κ2) is 4.56. The number of nitrogens with zero attached hydrogens (tertiary/aromatic N) is 2. The molecule has 5 heteroatoms. The molecule has 0 aliphatic carbocycles. The summed E-state index contributed by atoms with van der Waals surface area (Å²) in [6, 6.07) is 0. The molecule has 1 aliphatic heterocycles. The van der Waals surface area contributed by atoms with Crippen LogP contribution in [-0.2, 0) is 15.8 Å². The zero-order chi connectivity index (χ0) is 14.3. The van der Waals surface area contributed by atoms with Crippen molar-refractivity contribution in [3.8, 4) is 0 Å². The summed E-state index contributed by atoms with van der Waals surface area (Å²) in [6.45, 7) is 10.8. The van der Waals surface area contributed by atoms with Gasteiger partial charge in [0.25, 0.3) is 0 Å². The predicted octanol–water partition coefficient (Wildman–Crippen LogP) is 2.50. The molecule has 2 rings (SSSR count). The van der Waals surface area contributed by atoms with Crippen LogP contribution in [0.5, 0.6) is 0 Å². The van der Waals surface area contributed by atoms with E-state index in [1.165, 1.54) is 0 Å². The topological polar surface area (TPSA) is 74.2 Å². The predicted molar refractivity (Wildman–Crippen MR) is 72.7 cm³/mol. The summed E-state index contributed by atoms with van der Waals surface area (Å²) in [7, 11) is 0. The standard InChI is InChI=1S/C14H25N3O2/c1-12(2,13(3,4)15)11-16-10(17-19-11)14(5)8-6-7-9-18-14/h6-9,15H2,1-5H3. The zero-order valence-electron chi connectivity index (χ0n) is 12.6. The fourth-order valence-electron chi connectivity index (χ4n) is 2.08. The van der Waals surface area contributed by atoms with Crippen molar-refractivity contribution in [1.29, 1.82) is 0 Å². The highest BCUT2D eigenvalue weighted by Crippen LogP contribution is 2.36. The van der Waals surface area contributed by atoms with Gasteiger partial charge in [0.2, 0.25) is 11.7 Å². The van der Waals surface area contributed by atoms with Crippen LogP contribution >= 0.6 is 0 Å². The molecule has 1 fully saturated rings. The fraction of sp³-hybridized carbons (Fsp3) is 0.857. The van der Waals surface area contributed by atoms with E-state index >= 15 is 0 Å². The average Bonchev–Trinajstić information content (AvgIpc) is 2.78. The summed E-state index contributed by atoms with van der Waals surface area (Å²) in [5.41, 5.74) is 4.96. The quantitative estimate of drug-likeness (QED) is 0.910. The third-order valence-electron chi connectivity index (χ3n) is 4.51. The van der Waals surface area contributed by atoms with Crippen LogP contribution in [0.1, 0.15) is 65.6 Å². The minimum Gasteiger partial charge on any atom is -0.367 e. The maximum absolute atomic E-state index is 6.21. The molecule has 0 aromatic carbocycles. The first-order valence-corrected chi connectivity index (χ1v) is 6.94. The summed E-state index contributed by atoms with van der Waals surface area (Å²) in [6.07, 6.45) is 3.16. The van der Waals surface area contributed by atoms with Crippen LogP contribution in [0.2, 0.25) is 0 Å². The molecule has 1 aromatic rings. The molecule has 1 saturated heterocycles. The minimum atomic E-state index is -0.439. The van der Waals surface area contributed by atoms with Crippen LogP contribution in [0.15, 0.2) is 4.52 Å². The Labute approximate surface area is 114 Å². The van der Waals surface area contributed by atoms with Crippen molar-refractivity contribution in [2.45, 2.75) is 70.4 Å². The number of aromatic nitrogens is 2. The van der Waals surface area contributed by atoms with E-state index in [0.29, 0.717) is 11.7 Å². The van der Waals surface area contributed by atoms with Crippen molar-refractivity contribution in [3.05, 3.63) is 11.7 Å². The molecule has 19 heavy (non-hydrogen) atoms. The summed E-state index contributed by atoms with van der Waals surface area (Å²) in [5, 5.41) is 4.12. The number of nitrogens with two attached hydrogens (primary N) is 1. The van der Waals surface area contributed by atoms with Crippen LogP contribution in [0.25, 0.3) is 0 Å². The Morgan fingerprint density at radius 3 is 2.42 bits per heavy atom. The van der Waals surface area contributed by atoms with Gasteiger partial charge in [0, 0.05) is 12.1 Å². The molecule has 108 valence electrons. The molecular weight excluding hydrogens is 242 g/mol. The third-order valence-corrected chi connectivity index (χ3v) is 4.51. The molecule has 1 unspecified atom stereocenters. The van der Waals surface area contributed by atoms with Gasteiger partial charge in [-0.25, -0.2) is 0 Å². The lowest BCUT2D eigenvalue weighted by molar-refractivity contribution is -0.0770. The first kappa shape index (κ1) is 14.5. The van der Waals surface area contributed by atoms with Crippen molar-refractivity contribution >= 4 is 0 Å². The summed E-state index contributed by atoms with van der Waals surface area (Å²) in [5.74, 6) is 1.21. The summed E-state index contributed by atoms with van der Waals surface area (Å²) < 4.78 is 11.3. The van der Waals surface area contributed by atoms with E-state index in [1.807, 2.05) is 34.6 Å². The first-order chi connectivity index (χ1) is 8.67. The van der Waals surface area contributed by atoms with Crippen LogP contribution in [0.3, 0.4) is 0 Å². The van der Waals surface area contributed by atoms with Gasteiger partial charge in [-0.3, -0.25) is 0 Å². The Kier molecular flexibility index (Phi) is 3.47. The van der Waals surface area contributed by atoms with E-state index in [4.69, 9.17) is 15.0 Å². The van der Waals surface area contributed by atoms with Gasteiger partial charge < -0.3 is 15.0 Å². The molecule has 0 spiro atoms. The number of rotatable bonds is 3. The average molecular weight is 267 g/mol. The van der Waals surface area contributed by atoms with Crippen molar-refractivity contribution in [2.75, 3.05) is 6.61 Å². The zero-order valence-corrected chi connectivity index (χ0v) is 12.6. The van der Waals surface area contributed by atoms with Crippen molar-refractivity contribution in [2.24, 2.45) is 5.73 Å². The lowest BCUT2D eigenvalue weighted by Gasteiger charge is -2.35. The van der Waals surface area contributed by atoms with E-state index in [-0.39, 0.29) is 5.41 Å². The highest BCUT2D eigenvalue weighted by atomic mass is 16.5. The van der Waals surface area contributed by atoms with E-state index < -0.39 is 11.1 Å². The number of hydrogen-bond acceptors (Lipinski definition) is 5. The molecule has 1 aliphatic rings. The van der Waals surface area contributed by atoms with Gasteiger partial charge in [0.1, 0.15) is 5.60 Å². The normalized spacial score (nSPS) is 25.6. The Bertz CT molecular complexity index is 440. The maximum Gasteiger partial charge on any atom is 0.234 e. The monoisotopic (exact) mass is 267 g/mol. The smallest absolute Gasteiger partial charge is 0.234 e. The molecule has 2 N–H and O–H groups in total. The maximum atomic E-state index is 6.21.